The number of hydrogen-bond acceptors (Lipinski definition) is 6. The van der Waals surface area contributed by atoms with Crippen molar-refractivity contribution in [3.05, 3.63) is 68.5 Å². The van der Waals surface area contributed by atoms with Crippen LogP contribution in [0.1, 0.15) is 21.7 Å². The van der Waals surface area contributed by atoms with Crippen LogP contribution in [0.5, 0.6) is 17.2 Å². The van der Waals surface area contributed by atoms with Gasteiger partial charge in [0.2, 0.25) is 5.75 Å². The number of nitrogens with zero attached hydrogens (tertiary/aromatic N) is 2. The number of carbonyl (C=O) groups excluding carboxylic acids is 1. The van der Waals surface area contributed by atoms with Crippen molar-refractivity contribution >= 4 is 34.5 Å². The predicted molar refractivity (Wildman–Crippen MR) is 113 cm³/mol. The minimum absolute atomic E-state index is 0.00707. The van der Waals surface area contributed by atoms with Crippen molar-refractivity contribution in [2.45, 2.75) is 6.92 Å². The molecule has 0 bridgehead atoms. The van der Waals surface area contributed by atoms with Gasteiger partial charge in [0.05, 0.1) is 31.5 Å². The van der Waals surface area contributed by atoms with E-state index in [1.807, 2.05) is 0 Å². The largest absolute Gasteiger partial charge is 0.805 e. The van der Waals surface area contributed by atoms with Gasteiger partial charge in [0, 0.05) is 16.0 Å². The molecule has 0 unspecified atom stereocenters. The molecule has 30 heavy (non-hydrogen) atoms. The molecule has 9 heteroatoms. The predicted octanol–water partition coefficient (Wildman–Crippen LogP) is 3.79. The SMILES string of the molecule is COc1cc(/C=C/C(=O)c2c(C)n([O-])c3ccc(Cl)cc3[n+]2=O)cc(OC)c1OC. The Morgan fingerprint density at radius 1 is 1.10 bits per heavy atom. The van der Waals surface area contributed by atoms with E-state index in [1.54, 1.807) is 12.1 Å². The van der Waals surface area contributed by atoms with E-state index in [0.717, 1.165) is 0 Å². The number of benzene rings is 2. The summed E-state index contributed by atoms with van der Waals surface area (Å²) in [6, 6.07) is 7.58. The lowest BCUT2D eigenvalue weighted by molar-refractivity contribution is -0.468. The third-order valence-corrected chi connectivity index (χ3v) is 4.81. The molecule has 2 aromatic carbocycles. The van der Waals surface area contributed by atoms with Crippen LogP contribution in [0.25, 0.3) is 17.1 Å². The summed E-state index contributed by atoms with van der Waals surface area (Å²) in [5, 5.41) is 12.8. The maximum absolute atomic E-state index is 12.8. The van der Waals surface area contributed by atoms with Gasteiger partial charge in [0.15, 0.2) is 11.5 Å². The lowest BCUT2D eigenvalue weighted by atomic mass is 10.1. The maximum Gasteiger partial charge on any atom is 0.329 e. The van der Waals surface area contributed by atoms with Crippen LogP contribution in [0.4, 0.5) is 0 Å². The summed E-state index contributed by atoms with van der Waals surface area (Å²) in [6.45, 7) is 1.41. The standard InChI is InChI=1S/C21H19ClN2O6/c1-12-20(24(27)16-11-14(22)6-7-15(16)23(12)26)17(25)8-5-13-9-18(28-2)21(30-4)19(10-13)29-3/h5-11H,1-4H3/b8-5+. The molecule has 0 atom stereocenters. The molecule has 3 rings (SSSR count). The molecule has 3 aromatic rings. The van der Waals surface area contributed by atoms with Gasteiger partial charge in [-0.25, -0.2) is 0 Å². The van der Waals surface area contributed by atoms with Crippen LogP contribution in [0.2, 0.25) is 5.02 Å². The first-order valence-electron chi connectivity index (χ1n) is 8.79. The number of hydrogen-bond donors (Lipinski definition) is 0. The summed E-state index contributed by atoms with van der Waals surface area (Å²) in [6.07, 6.45) is 2.69. The fourth-order valence-corrected chi connectivity index (χ4v) is 3.27. The second-order valence-electron chi connectivity index (χ2n) is 6.31. The maximum atomic E-state index is 12.8. The third kappa shape index (κ3) is 3.69. The van der Waals surface area contributed by atoms with Gasteiger partial charge in [-0.15, -0.1) is 0 Å². The zero-order chi connectivity index (χ0) is 22.0. The number of ether oxygens (including phenoxy) is 3. The zero-order valence-corrected chi connectivity index (χ0v) is 17.5. The summed E-state index contributed by atoms with van der Waals surface area (Å²) in [7, 11) is 4.44. The van der Waals surface area contributed by atoms with E-state index in [-0.39, 0.29) is 27.4 Å². The van der Waals surface area contributed by atoms with Crippen molar-refractivity contribution in [3.8, 4) is 17.2 Å². The fraction of sp³-hybridized carbons (Fsp3) is 0.190. The Balaban J connectivity index is 2.08. The minimum Gasteiger partial charge on any atom is -0.805 e. The third-order valence-electron chi connectivity index (χ3n) is 4.57. The van der Waals surface area contributed by atoms with Gasteiger partial charge in [0.25, 0.3) is 11.3 Å². The molecule has 1 aromatic heterocycles. The van der Waals surface area contributed by atoms with E-state index in [1.165, 1.54) is 58.6 Å². The van der Waals surface area contributed by atoms with Gasteiger partial charge >= 0.3 is 5.69 Å². The van der Waals surface area contributed by atoms with Crippen LogP contribution in [-0.4, -0.2) is 31.8 Å². The first-order chi connectivity index (χ1) is 14.3. The van der Waals surface area contributed by atoms with E-state index in [0.29, 0.717) is 32.0 Å². The number of ketones is 1. The van der Waals surface area contributed by atoms with Gasteiger partial charge in [-0.2, -0.15) is 0 Å². The highest BCUT2D eigenvalue weighted by molar-refractivity contribution is 6.31. The first kappa shape index (κ1) is 21.2. The van der Waals surface area contributed by atoms with Crippen molar-refractivity contribution in [2.75, 3.05) is 21.3 Å². The quantitative estimate of drug-likeness (QED) is 0.335. The molecular formula is C21H19ClN2O6. The Kier molecular flexibility index (Phi) is 5.98. The van der Waals surface area contributed by atoms with E-state index >= 15 is 0 Å². The molecule has 1 heterocycles. The topological polar surface area (TPSA) is 95.7 Å². The molecule has 0 radical (unpaired) electrons. The monoisotopic (exact) mass is 430 g/mol. The second-order valence-corrected chi connectivity index (χ2v) is 6.75. The molecule has 0 spiro atoms. The number of fused-ring (bicyclic) bond motifs is 1. The average Bonchev–Trinajstić information content (AvgIpc) is 2.75. The normalized spacial score (nSPS) is 11.1. The van der Waals surface area contributed by atoms with E-state index in [2.05, 4.69) is 0 Å². The highest BCUT2D eigenvalue weighted by atomic mass is 35.5. The van der Waals surface area contributed by atoms with Gasteiger partial charge in [-0.05, 0) is 42.8 Å². The van der Waals surface area contributed by atoms with Crippen molar-refractivity contribution in [1.82, 2.24) is 4.73 Å². The number of carbonyl (C=O) groups is 1. The smallest absolute Gasteiger partial charge is 0.329 e. The molecular weight excluding hydrogens is 412 g/mol. The van der Waals surface area contributed by atoms with Gasteiger partial charge in [-0.1, -0.05) is 17.7 Å². The second kappa shape index (κ2) is 8.46. The van der Waals surface area contributed by atoms with Crippen LogP contribution in [0.3, 0.4) is 0 Å². The molecule has 0 N–H and O–H groups in total. The number of rotatable bonds is 6. The van der Waals surface area contributed by atoms with E-state index in [9.17, 15) is 14.9 Å². The van der Waals surface area contributed by atoms with Crippen LogP contribution < -0.4 is 18.6 Å². The van der Waals surface area contributed by atoms with Crippen molar-refractivity contribution in [3.63, 3.8) is 0 Å². The van der Waals surface area contributed by atoms with Crippen molar-refractivity contribution in [2.24, 2.45) is 0 Å². The van der Waals surface area contributed by atoms with E-state index in [4.69, 9.17) is 25.8 Å². The van der Waals surface area contributed by atoms with Crippen LogP contribution in [-0.2, 0) is 0 Å². The molecule has 0 amide bonds. The van der Waals surface area contributed by atoms with Gasteiger partial charge in [0.1, 0.15) is 5.52 Å². The molecule has 0 saturated heterocycles. The van der Waals surface area contributed by atoms with Crippen LogP contribution in [0, 0.1) is 17.0 Å². The number of halogens is 1. The van der Waals surface area contributed by atoms with Gasteiger partial charge in [-0.3, -0.25) is 4.79 Å². The molecule has 0 aliphatic heterocycles. The lowest BCUT2D eigenvalue weighted by Crippen LogP contribution is -2.29. The molecule has 0 aliphatic carbocycles. The number of allylic oxidation sites excluding steroid dienone is 1. The van der Waals surface area contributed by atoms with Crippen molar-refractivity contribution in [1.29, 1.82) is 0 Å². The Morgan fingerprint density at radius 3 is 2.30 bits per heavy atom. The summed E-state index contributed by atoms with van der Waals surface area (Å²) >= 11 is 5.94. The molecule has 8 nitrogen and oxygen atoms in total. The minimum atomic E-state index is -0.636. The summed E-state index contributed by atoms with van der Waals surface area (Å²) in [5.41, 5.74) is 0.402. The fourth-order valence-electron chi connectivity index (χ4n) is 3.10. The lowest BCUT2D eigenvalue weighted by Gasteiger charge is -2.15. The van der Waals surface area contributed by atoms with Gasteiger partial charge < -0.3 is 24.1 Å². The summed E-state index contributed by atoms with van der Waals surface area (Å²) in [5.74, 6) is 0.604. The Hall–Kier alpha value is -3.52. The van der Waals surface area contributed by atoms with Crippen LogP contribution >= 0.6 is 11.6 Å². The average molecular weight is 431 g/mol. The number of methoxy groups -OCH3 is 3. The van der Waals surface area contributed by atoms with Crippen LogP contribution in [0.15, 0.2) is 36.4 Å². The first-order valence-corrected chi connectivity index (χ1v) is 9.17. The summed E-state index contributed by atoms with van der Waals surface area (Å²) in [4.78, 5) is 25.6. The zero-order valence-electron chi connectivity index (χ0n) is 16.8. The Morgan fingerprint density at radius 2 is 1.73 bits per heavy atom. The van der Waals surface area contributed by atoms with E-state index < -0.39 is 5.78 Å². The molecule has 0 saturated carbocycles. The molecule has 0 aliphatic rings. The number of aromatic nitrogens is 2. The Bertz CT molecular complexity index is 1210. The van der Waals surface area contributed by atoms with Crippen molar-refractivity contribution < 1.29 is 23.4 Å². The highest BCUT2D eigenvalue weighted by Crippen LogP contribution is 2.38. The molecule has 0 fully saturated rings. The Labute approximate surface area is 177 Å². The highest BCUT2D eigenvalue weighted by Gasteiger charge is 2.25. The summed E-state index contributed by atoms with van der Waals surface area (Å²) < 4.78 is 16.8. The molecule has 156 valence electrons.